The second-order valence-corrected chi connectivity index (χ2v) is 6.84. The summed E-state index contributed by atoms with van der Waals surface area (Å²) in [5.41, 5.74) is 6.96. The number of hydrogen-bond acceptors (Lipinski definition) is 4. The van der Waals surface area contributed by atoms with E-state index in [0.29, 0.717) is 17.4 Å². The van der Waals surface area contributed by atoms with E-state index < -0.39 is 10.0 Å². The Morgan fingerprint density at radius 1 is 1.20 bits per heavy atom. The summed E-state index contributed by atoms with van der Waals surface area (Å²) >= 11 is 3.24. The lowest BCUT2D eigenvalue weighted by Crippen LogP contribution is -2.26. The van der Waals surface area contributed by atoms with Gasteiger partial charge in [-0.2, -0.15) is 0 Å². The van der Waals surface area contributed by atoms with E-state index in [1.165, 1.54) is 6.07 Å². The van der Waals surface area contributed by atoms with Gasteiger partial charge in [0.2, 0.25) is 10.0 Å². The molecular formula is C13H14BrN3O2S. The summed E-state index contributed by atoms with van der Waals surface area (Å²) in [6.07, 6.45) is 3.95. The summed E-state index contributed by atoms with van der Waals surface area (Å²) in [7, 11) is -3.60. The molecule has 20 heavy (non-hydrogen) atoms. The summed E-state index contributed by atoms with van der Waals surface area (Å²) in [6.45, 7) is 0.304. The maximum Gasteiger partial charge on any atom is 0.242 e. The third-order valence-corrected chi connectivity index (χ3v) is 4.73. The minimum atomic E-state index is -3.60. The quantitative estimate of drug-likeness (QED) is 0.802. The number of nitrogen functional groups attached to an aromatic ring is 1. The summed E-state index contributed by atoms with van der Waals surface area (Å²) in [6, 6.07) is 8.44. The van der Waals surface area contributed by atoms with Gasteiger partial charge in [-0.05, 0) is 42.3 Å². The van der Waals surface area contributed by atoms with Crippen molar-refractivity contribution in [2.45, 2.75) is 11.3 Å². The number of benzene rings is 1. The van der Waals surface area contributed by atoms with Gasteiger partial charge in [0, 0.05) is 23.4 Å². The van der Waals surface area contributed by atoms with Crippen LogP contribution in [0, 0.1) is 0 Å². The number of hydrogen-bond donors (Lipinski definition) is 2. The topological polar surface area (TPSA) is 85.1 Å². The molecule has 0 aliphatic rings. The van der Waals surface area contributed by atoms with Crippen molar-refractivity contribution in [3.8, 4) is 0 Å². The lowest BCUT2D eigenvalue weighted by molar-refractivity contribution is 0.582. The molecule has 0 saturated heterocycles. The van der Waals surface area contributed by atoms with Gasteiger partial charge >= 0.3 is 0 Å². The Balaban J connectivity index is 2.06. The second kappa shape index (κ2) is 6.34. The van der Waals surface area contributed by atoms with E-state index >= 15 is 0 Å². The maximum absolute atomic E-state index is 12.2. The normalized spacial score (nSPS) is 11.4. The van der Waals surface area contributed by atoms with Crippen LogP contribution >= 0.6 is 15.9 Å². The first-order valence-electron chi connectivity index (χ1n) is 5.92. The van der Waals surface area contributed by atoms with Crippen LogP contribution in [0.3, 0.4) is 0 Å². The summed E-state index contributed by atoms with van der Waals surface area (Å²) in [5, 5.41) is 0. The Hall–Kier alpha value is -1.44. The van der Waals surface area contributed by atoms with Crippen molar-refractivity contribution < 1.29 is 8.42 Å². The van der Waals surface area contributed by atoms with Gasteiger partial charge in [-0.25, -0.2) is 13.1 Å². The van der Waals surface area contributed by atoms with E-state index in [9.17, 15) is 8.42 Å². The van der Waals surface area contributed by atoms with Crippen molar-refractivity contribution in [3.05, 3.63) is 52.8 Å². The van der Waals surface area contributed by atoms with Gasteiger partial charge in [0.15, 0.2) is 0 Å². The van der Waals surface area contributed by atoms with Crippen LogP contribution in [-0.4, -0.2) is 19.9 Å². The Labute approximate surface area is 126 Å². The van der Waals surface area contributed by atoms with Gasteiger partial charge < -0.3 is 5.73 Å². The first kappa shape index (κ1) is 15.0. The fraction of sp³-hybridized carbons (Fsp3) is 0.154. The SMILES string of the molecule is Nc1ccc(Br)cc1S(=O)(=O)NCCc1ccncc1. The number of nitrogens with two attached hydrogens (primary N) is 1. The highest BCUT2D eigenvalue weighted by Crippen LogP contribution is 2.22. The molecule has 1 heterocycles. The lowest BCUT2D eigenvalue weighted by Gasteiger charge is -2.09. The van der Waals surface area contributed by atoms with Crippen LogP contribution in [0.4, 0.5) is 5.69 Å². The molecule has 0 unspecified atom stereocenters. The first-order chi connectivity index (χ1) is 9.49. The number of pyridine rings is 1. The number of nitrogens with one attached hydrogen (secondary N) is 1. The monoisotopic (exact) mass is 355 g/mol. The predicted octanol–water partition coefficient (Wildman–Crippen LogP) is 1.95. The zero-order chi connectivity index (χ0) is 14.6. The number of anilines is 1. The molecule has 0 bridgehead atoms. The van der Waals surface area contributed by atoms with Crippen LogP contribution in [0.25, 0.3) is 0 Å². The molecule has 2 aromatic rings. The largest absolute Gasteiger partial charge is 0.398 e. The molecule has 0 saturated carbocycles. The third kappa shape index (κ3) is 3.78. The Kier molecular flexibility index (Phi) is 4.74. The van der Waals surface area contributed by atoms with E-state index in [1.807, 2.05) is 12.1 Å². The van der Waals surface area contributed by atoms with Crippen molar-refractivity contribution in [2.75, 3.05) is 12.3 Å². The Morgan fingerprint density at radius 3 is 2.60 bits per heavy atom. The van der Waals surface area contributed by atoms with Crippen LogP contribution in [0.2, 0.25) is 0 Å². The molecule has 2 rings (SSSR count). The van der Waals surface area contributed by atoms with E-state index in [4.69, 9.17) is 5.73 Å². The van der Waals surface area contributed by atoms with Crippen LogP contribution in [0.15, 0.2) is 52.1 Å². The highest BCUT2D eigenvalue weighted by atomic mass is 79.9. The zero-order valence-electron chi connectivity index (χ0n) is 10.6. The molecule has 0 aliphatic heterocycles. The molecule has 0 aliphatic carbocycles. The van der Waals surface area contributed by atoms with Gasteiger partial charge in [0.1, 0.15) is 4.90 Å². The van der Waals surface area contributed by atoms with Gasteiger partial charge in [-0.1, -0.05) is 15.9 Å². The molecule has 0 amide bonds. The minimum absolute atomic E-state index is 0.0848. The molecule has 106 valence electrons. The predicted molar refractivity (Wildman–Crippen MR) is 81.7 cm³/mol. The Bertz CT molecular complexity index is 690. The molecule has 0 spiro atoms. The Morgan fingerprint density at radius 2 is 1.90 bits per heavy atom. The molecule has 7 heteroatoms. The number of nitrogens with zero attached hydrogens (tertiary/aromatic N) is 1. The highest BCUT2D eigenvalue weighted by molar-refractivity contribution is 9.10. The highest BCUT2D eigenvalue weighted by Gasteiger charge is 2.17. The van der Waals surface area contributed by atoms with Crippen LogP contribution in [-0.2, 0) is 16.4 Å². The fourth-order valence-corrected chi connectivity index (χ4v) is 3.40. The molecule has 0 radical (unpaired) electrons. The van der Waals surface area contributed by atoms with Crippen molar-refractivity contribution >= 4 is 31.6 Å². The molecular weight excluding hydrogens is 342 g/mol. The van der Waals surface area contributed by atoms with Crippen molar-refractivity contribution in [3.63, 3.8) is 0 Å². The second-order valence-electron chi connectivity index (χ2n) is 4.19. The maximum atomic E-state index is 12.2. The van der Waals surface area contributed by atoms with E-state index in [1.54, 1.807) is 24.5 Å². The third-order valence-electron chi connectivity index (χ3n) is 2.72. The van der Waals surface area contributed by atoms with Crippen LogP contribution in [0.1, 0.15) is 5.56 Å². The summed E-state index contributed by atoms with van der Waals surface area (Å²) in [4.78, 5) is 4.00. The van der Waals surface area contributed by atoms with E-state index in [0.717, 1.165) is 5.56 Å². The van der Waals surface area contributed by atoms with Gasteiger partial charge in [0.25, 0.3) is 0 Å². The van der Waals surface area contributed by atoms with Crippen LogP contribution < -0.4 is 10.5 Å². The number of halogens is 1. The first-order valence-corrected chi connectivity index (χ1v) is 8.20. The lowest BCUT2D eigenvalue weighted by atomic mass is 10.2. The molecule has 0 fully saturated rings. The zero-order valence-corrected chi connectivity index (χ0v) is 13.0. The number of aromatic nitrogens is 1. The van der Waals surface area contributed by atoms with Crippen molar-refractivity contribution in [1.82, 2.24) is 9.71 Å². The minimum Gasteiger partial charge on any atom is -0.398 e. The fourth-order valence-electron chi connectivity index (χ4n) is 1.70. The summed E-state index contributed by atoms with van der Waals surface area (Å²) < 4.78 is 27.6. The van der Waals surface area contributed by atoms with Crippen molar-refractivity contribution in [2.24, 2.45) is 0 Å². The standard InChI is InChI=1S/C13H14BrN3O2S/c14-11-1-2-12(15)13(9-11)20(18,19)17-8-5-10-3-6-16-7-4-10/h1-4,6-7,9,17H,5,8,15H2. The van der Waals surface area contributed by atoms with Gasteiger partial charge in [0.05, 0.1) is 5.69 Å². The number of sulfonamides is 1. The van der Waals surface area contributed by atoms with Gasteiger partial charge in [-0.3, -0.25) is 4.98 Å². The van der Waals surface area contributed by atoms with Gasteiger partial charge in [-0.15, -0.1) is 0 Å². The average molecular weight is 356 g/mol. The molecule has 0 atom stereocenters. The smallest absolute Gasteiger partial charge is 0.242 e. The molecule has 1 aromatic heterocycles. The van der Waals surface area contributed by atoms with Crippen molar-refractivity contribution in [1.29, 1.82) is 0 Å². The summed E-state index contributed by atoms with van der Waals surface area (Å²) in [5.74, 6) is 0. The average Bonchev–Trinajstić information content (AvgIpc) is 2.42. The molecule has 1 aromatic carbocycles. The van der Waals surface area contributed by atoms with E-state index in [2.05, 4.69) is 25.6 Å². The van der Waals surface area contributed by atoms with Crippen LogP contribution in [0.5, 0.6) is 0 Å². The number of rotatable bonds is 5. The van der Waals surface area contributed by atoms with E-state index in [-0.39, 0.29) is 10.6 Å². The molecule has 3 N–H and O–H groups in total. The molecule has 5 nitrogen and oxygen atoms in total.